The maximum absolute atomic E-state index is 13.4. The highest BCUT2D eigenvalue weighted by molar-refractivity contribution is 7.93. The van der Waals surface area contributed by atoms with Crippen LogP contribution in [0.4, 0.5) is 10.3 Å². The lowest BCUT2D eigenvalue weighted by Gasteiger charge is -2.21. The Labute approximate surface area is 207 Å². The lowest BCUT2D eigenvalue weighted by Crippen LogP contribution is -2.31. The quantitative estimate of drug-likeness (QED) is 0.342. The van der Waals surface area contributed by atoms with E-state index in [0.717, 1.165) is 18.1 Å². The van der Waals surface area contributed by atoms with Crippen LogP contribution in [-0.4, -0.2) is 62.8 Å². The summed E-state index contributed by atoms with van der Waals surface area (Å²) in [6.07, 6.45) is 1.99. The Kier molecular flexibility index (Phi) is 6.88. The van der Waals surface area contributed by atoms with Gasteiger partial charge in [-0.2, -0.15) is 5.10 Å². The van der Waals surface area contributed by atoms with E-state index in [1.807, 2.05) is 6.92 Å². The van der Waals surface area contributed by atoms with Crippen molar-refractivity contribution in [2.75, 3.05) is 18.9 Å². The highest BCUT2D eigenvalue weighted by Crippen LogP contribution is 2.37. The second-order valence-corrected chi connectivity index (χ2v) is 10.1. The first-order valence-electron chi connectivity index (χ1n) is 10.8. The number of aromatic nitrogens is 7. The van der Waals surface area contributed by atoms with E-state index in [1.54, 1.807) is 31.2 Å². The molecule has 0 spiro atoms. The molecule has 36 heavy (non-hydrogen) atoms. The van der Waals surface area contributed by atoms with Gasteiger partial charge in [0.05, 0.1) is 31.9 Å². The summed E-state index contributed by atoms with van der Waals surface area (Å²) in [6, 6.07) is 6.88. The number of nitrogens with zero attached hydrogens (tertiary/aromatic N) is 6. The average Bonchev–Trinajstić information content (AvgIpc) is 3.48. The van der Waals surface area contributed by atoms with Crippen molar-refractivity contribution in [3.63, 3.8) is 0 Å². The lowest BCUT2D eigenvalue weighted by atomic mass is 10.1. The fraction of sp³-hybridized carbons (Fsp3) is 0.318. The zero-order chi connectivity index (χ0) is 26.0. The van der Waals surface area contributed by atoms with Gasteiger partial charge in [0.1, 0.15) is 28.7 Å². The number of ether oxygens (including phenoxy) is 2. The third-order valence-corrected chi connectivity index (χ3v) is 7.55. The van der Waals surface area contributed by atoms with Crippen LogP contribution in [0.25, 0.3) is 17.2 Å². The Balaban J connectivity index is 1.81. The van der Waals surface area contributed by atoms with Crippen molar-refractivity contribution >= 4 is 16.0 Å². The Morgan fingerprint density at radius 3 is 2.28 bits per heavy atom. The number of para-hydroxylation sites is 1. The molecule has 0 radical (unpaired) electrons. The number of anilines is 1. The number of benzene rings is 1. The van der Waals surface area contributed by atoms with Gasteiger partial charge < -0.3 is 9.47 Å². The number of methoxy groups -OCH3 is 2. The van der Waals surface area contributed by atoms with E-state index in [1.165, 1.54) is 25.7 Å². The van der Waals surface area contributed by atoms with E-state index in [2.05, 4.69) is 35.1 Å². The topological polar surface area (TPSA) is 150 Å². The van der Waals surface area contributed by atoms with Crippen molar-refractivity contribution < 1.29 is 22.3 Å². The third-order valence-electron chi connectivity index (χ3n) is 5.70. The number of halogens is 1. The zero-order valence-corrected chi connectivity index (χ0v) is 21.0. The van der Waals surface area contributed by atoms with Crippen molar-refractivity contribution in [2.45, 2.75) is 31.9 Å². The van der Waals surface area contributed by atoms with E-state index in [9.17, 15) is 12.8 Å². The monoisotopic (exact) mass is 516 g/mol. The average molecular weight is 517 g/mol. The van der Waals surface area contributed by atoms with Gasteiger partial charge >= 0.3 is 0 Å². The first-order valence-corrected chi connectivity index (χ1v) is 12.4. The number of aryl methyl sites for hydroxylation is 1. The SMILES string of the molecule is COc1cccc(OC)c1-n1c(NS(=O)(=O)[C@@H](C)[C@H](C)c2ncc(F)cn2)nnc1-c1cc(C)[nH]n1. The second-order valence-electron chi connectivity index (χ2n) is 8.03. The minimum absolute atomic E-state index is 0.104. The normalized spacial score (nSPS) is 13.3. The fourth-order valence-corrected chi connectivity index (χ4v) is 4.80. The summed E-state index contributed by atoms with van der Waals surface area (Å²) in [7, 11) is -1.09. The summed E-state index contributed by atoms with van der Waals surface area (Å²) in [5, 5.41) is 14.4. The van der Waals surface area contributed by atoms with Crippen molar-refractivity contribution in [2.24, 2.45) is 0 Å². The van der Waals surface area contributed by atoms with Crippen LogP contribution in [0.15, 0.2) is 36.7 Å². The molecule has 0 saturated carbocycles. The van der Waals surface area contributed by atoms with Crippen LogP contribution in [-0.2, 0) is 10.0 Å². The number of sulfonamides is 1. The molecule has 3 heterocycles. The van der Waals surface area contributed by atoms with Crippen LogP contribution in [0.5, 0.6) is 11.5 Å². The van der Waals surface area contributed by atoms with E-state index in [4.69, 9.17) is 9.47 Å². The molecule has 12 nitrogen and oxygen atoms in total. The largest absolute Gasteiger partial charge is 0.494 e. The predicted molar refractivity (Wildman–Crippen MR) is 129 cm³/mol. The number of H-pyrrole nitrogens is 1. The van der Waals surface area contributed by atoms with Gasteiger partial charge in [-0.15, -0.1) is 10.2 Å². The Hall–Kier alpha value is -4.07. The van der Waals surface area contributed by atoms with E-state index >= 15 is 0 Å². The summed E-state index contributed by atoms with van der Waals surface area (Å²) >= 11 is 0. The molecule has 2 N–H and O–H groups in total. The van der Waals surface area contributed by atoms with Gasteiger partial charge in [0, 0.05) is 11.6 Å². The van der Waals surface area contributed by atoms with E-state index < -0.39 is 27.0 Å². The number of rotatable bonds is 9. The van der Waals surface area contributed by atoms with Gasteiger partial charge in [-0.05, 0) is 32.0 Å². The van der Waals surface area contributed by atoms with Crippen LogP contribution in [0.3, 0.4) is 0 Å². The van der Waals surface area contributed by atoms with Crippen molar-refractivity contribution in [3.05, 3.63) is 54.0 Å². The second kappa shape index (κ2) is 9.89. The van der Waals surface area contributed by atoms with Crippen LogP contribution < -0.4 is 14.2 Å². The maximum atomic E-state index is 13.4. The molecule has 1 aromatic carbocycles. The predicted octanol–water partition coefficient (Wildman–Crippen LogP) is 2.85. The highest BCUT2D eigenvalue weighted by atomic mass is 32.2. The summed E-state index contributed by atoms with van der Waals surface area (Å²) in [6.45, 7) is 4.97. The molecule has 4 rings (SSSR count). The molecule has 190 valence electrons. The van der Waals surface area contributed by atoms with Crippen LogP contribution in [0.2, 0.25) is 0 Å². The molecule has 2 atom stereocenters. The van der Waals surface area contributed by atoms with Gasteiger partial charge in [-0.1, -0.05) is 13.0 Å². The summed E-state index contributed by atoms with van der Waals surface area (Å²) < 4.78 is 55.2. The molecule has 0 bridgehead atoms. The van der Waals surface area contributed by atoms with Gasteiger partial charge in [0.15, 0.2) is 11.6 Å². The summed E-state index contributed by atoms with van der Waals surface area (Å²) in [5.41, 5.74) is 1.58. The molecule has 0 aliphatic rings. The molecular formula is C22H25FN8O4S. The Bertz CT molecular complexity index is 1450. The standard InChI is InChI=1S/C22H25FN8O4S/c1-12-9-16(27-26-12)21-28-29-22(31(21)19-17(34-4)7-6-8-18(19)35-5)30-36(32,33)14(3)13(2)20-24-10-15(23)11-25-20/h6-11,13-14H,1-5H3,(H,26,27)(H,29,30)/t13-,14-/m0/s1. The highest BCUT2D eigenvalue weighted by Gasteiger charge is 2.32. The number of nitrogens with one attached hydrogen (secondary N) is 2. The molecule has 0 saturated heterocycles. The van der Waals surface area contributed by atoms with Gasteiger partial charge in [0.2, 0.25) is 16.0 Å². The van der Waals surface area contributed by atoms with E-state index in [0.29, 0.717) is 22.9 Å². The van der Waals surface area contributed by atoms with Crippen molar-refractivity contribution in [1.29, 1.82) is 0 Å². The lowest BCUT2D eigenvalue weighted by molar-refractivity contribution is 0.391. The van der Waals surface area contributed by atoms with E-state index in [-0.39, 0.29) is 17.6 Å². The first-order chi connectivity index (χ1) is 17.2. The molecule has 14 heteroatoms. The number of aromatic amines is 1. The Morgan fingerprint density at radius 1 is 1.08 bits per heavy atom. The maximum Gasteiger partial charge on any atom is 0.243 e. The summed E-state index contributed by atoms with van der Waals surface area (Å²) in [4.78, 5) is 7.84. The van der Waals surface area contributed by atoms with Crippen molar-refractivity contribution in [3.8, 4) is 28.7 Å². The minimum atomic E-state index is -4.06. The smallest absolute Gasteiger partial charge is 0.243 e. The third kappa shape index (κ3) is 4.71. The van der Waals surface area contributed by atoms with Crippen LogP contribution in [0, 0.1) is 12.7 Å². The first kappa shape index (κ1) is 25.0. The fourth-order valence-electron chi connectivity index (χ4n) is 3.57. The molecule has 0 aliphatic carbocycles. The van der Waals surface area contributed by atoms with Crippen molar-refractivity contribution in [1.82, 2.24) is 34.9 Å². The zero-order valence-electron chi connectivity index (χ0n) is 20.2. The molecule has 0 aliphatic heterocycles. The van der Waals surface area contributed by atoms with Gasteiger partial charge in [0.25, 0.3) is 0 Å². The van der Waals surface area contributed by atoms with Gasteiger partial charge in [-0.3, -0.25) is 14.4 Å². The minimum Gasteiger partial charge on any atom is -0.494 e. The molecule has 0 fully saturated rings. The summed E-state index contributed by atoms with van der Waals surface area (Å²) in [5.74, 6) is -0.147. The van der Waals surface area contributed by atoms with Gasteiger partial charge in [-0.25, -0.2) is 22.8 Å². The van der Waals surface area contributed by atoms with Crippen LogP contribution in [0.1, 0.15) is 31.3 Å². The molecular weight excluding hydrogens is 491 g/mol. The Morgan fingerprint density at radius 2 is 1.72 bits per heavy atom. The van der Waals surface area contributed by atoms with Crippen LogP contribution >= 0.6 is 0 Å². The molecule has 4 aromatic rings. The molecule has 3 aromatic heterocycles. The number of hydrogen-bond donors (Lipinski definition) is 2. The molecule has 0 amide bonds. The number of hydrogen-bond acceptors (Lipinski definition) is 9. The molecule has 0 unspecified atom stereocenters.